The van der Waals surface area contributed by atoms with E-state index in [4.69, 9.17) is 5.73 Å². The Morgan fingerprint density at radius 3 is 2.64 bits per heavy atom. The third kappa shape index (κ3) is 1.98. The van der Waals surface area contributed by atoms with Gasteiger partial charge in [0.05, 0.1) is 0 Å². The maximum absolute atomic E-state index is 5.90. The van der Waals surface area contributed by atoms with E-state index in [9.17, 15) is 0 Å². The van der Waals surface area contributed by atoms with Crippen LogP contribution >= 0.6 is 0 Å². The molecule has 0 saturated heterocycles. The van der Waals surface area contributed by atoms with E-state index in [0.29, 0.717) is 5.92 Å². The molecule has 1 atom stereocenters. The van der Waals surface area contributed by atoms with Gasteiger partial charge in [-0.3, -0.25) is 0 Å². The Labute approximate surface area is 86.6 Å². The van der Waals surface area contributed by atoms with Crippen LogP contribution in [0.25, 0.3) is 0 Å². The lowest BCUT2D eigenvalue weighted by atomic mass is 9.89. The van der Waals surface area contributed by atoms with Crippen LogP contribution in [0, 0.1) is 13.8 Å². The molecule has 1 aromatic rings. The van der Waals surface area contributed by atoms with E-state index in [1.807, 2.05) is 12.1 Å². The first kappa shape index (κ1) is 10.8. The van der Waals surface area contributed by atoms with Crippen molar-refractivity contribution in [1.29, 1.82) is 0 Å². The van der Waals surface area contributed by atoms with Crippen LogP contribution in [0.4, 0.5) is 5.69 Å². The van der Waals surface area contributed by atoms with Gasteiger partial charge in [-0.25, -0.2) is 0 Å². The summed E-state index contributed by atoms with van der Waals surface area (Å²) < 4.78 is 0. The molecule has 1 unspecified atom stereocenters. The Morgan fingerprint density at radius 1 is 1.43 bits per heavy atom. The summed E-state index contributed by atoms with van der Waals surface area (Å²) in [5.41, 5.74) is 10.7. The SMILES string of the molecule is C=CCC(C)c1c(C)ccc(N)c1C. The van der Waals surface area contributed by atoms with Crippen LogP contribution in [-0.2, 0) is 0 Å². The van der Waals surface area contributed by atoms with E-state index in [1.165, 1.54) is 16.7 Å². The summed E-state index contributed by atoms with van der Waals surface area (Å²) in [7, 11) is 0. The molecular formula is C13H19N. The smallest absolute Gasteiger partial charge is 0.0346 e. The van der Waals surface area contributed by atoms with E-state index < -0.39 is 0 Å². The van der Waals surface area contributed by atoms with Gasteiger partial charge in [0.1, 0.15) is 0 Å². The summed E-state index contributed by atoms with van der Waals surface area (Å²) in [6.45, 7) is 10.2. The summed E-state index contributed by atoms with van der Waals surface area (Å²) in [6.07, 6.45) is 2.97. The molecule has 2 N–H and O–H groups in total. The third-order valence-corrected chi connectivity index (χ3v) is 2.79. The largest absolute Gasteiger partial charge is 0.399 e. The first-order valence-corrected chi connectivity index (χ1v) is 5.04. The van der Waals surface area contributed by atoms with E-state index in [1.54, 1.807) is 0 Å². The average molecular weight is 189 g/mol. The van der Waals surface area contributed by atoms with E-state index in [0.717, 1.165) is 12.1 Å². The molecule has 76 valence electrons. The van der Waals surface area contributed by atoms with E-state index in [-0.39, 0.29) is 0 Å². The Balaban J connectivity index is 3.17. The fraction of sp³-hybridized carbons (Fsp3) is 0.385. The quantitative estimate of drug-likeness (QED) is 0.571. The Bertz CT molecular complexity index is 339. The molecule has 0 aliphatic carbocycles. The minimum atomic E-state index is 0.510. The number of hydrogen-bond donors (Lipinski definition) is 1. The van der Waals surface area contributed by atoms with Gasteiger partial charge in [0.2, 0.25) is 0 Å². The normalized spacial score (nSPS) is 12.5. The van der Waals surface area contributed by atoms with Gasteiger partial charge >= 0.3 is 0 Å². The van der Waals surface area contributed by atoms with Gasteiger partial charge in [-0.2, -0.15) is 0 Å². The Kier molecular flexibility index (Phi) is 3.34. The van der Waals surface area contributed by atoms with Gasteiger partial charge in [-0.15, -0.1) is 6.58 Å². The number of nitrogens with two attached hydrogens (primary N) is 1. The molecule has 0 amide bonds. The highest BCUT2D eigenvalue weighted by Gasteiger charge is 2.11. The van der Waals surface area contributed by atoms with Crippen LogP contribution in [0.1, 0.15) is 36.0 Å². The predicted molar refractivity (Wildman–Crippen MR) is 63.6 cm³/mol. The lowest BCUT2D eigenvalue weighted by molar-refractivity contribution is 0.769. The molecule has 0 fully saturated rings. The topological polar surface area (TPSA) is 26.0 Å². The van der Waals surface area contributed by atoms with Crippen molar-refractivity contribution < 1.29 is 0 Å². The predicted octanol–water partition coefficient (Wildman–Crippen LogP) is 3.57. The summed E-state index contributed by atoms with van der Waals surface area (Å²) in [5.74, 6) is 0.510. The summed E-state index contributed by atoms with van der Waals surface area (Å²) in [4.78, 5) is 0. The van der Waals surface area contributed by atoms with Gasteiger partial charge in [0, 0.05) is 5.69 Å². The lowest BCUT2D eigenvalue weighted by Crippen LogP contribution is -2.02. The van der Waals surface area contributed by atoms with E-state index in [2.05, 4.69) is 33.4 Å². The van der Waals surface area contributed by atoms with Gasteiger partial charge in [0.15, 0.2) is 0 Å². The van der Waals surface area contributed by atoms with Crippen molar-refractivity contribution in [3.63, 3.8) is 0 Å². The van der Waals surface area contributed by atoms with Crippen molar-refractivity contribution in [1.82, 2.24) is 0 Å². The monoisotopic (exact) mass is 189 g/mol. The maximum Gasteiger partial charge on any atom is 0.0346 e. The number of aryl methyl sites for hydroxylation is 1. The average Bonchev–Trinajstić information content (AvgIpc) is 2.13. The molecule has 14 heavy (non-hydrogen) atoms. The van der Waals surface area contributed by atoms with Crippen molar-refractivity contribution in [2.45, 2.75) is 33.1 Å². The molecule has 1 rings (SSSR count). The number of allylic oxidation sites excluding steroid dienone is 1. The molecule has 1 nitrogen and oxygen atoms in total. The van der Waals surface area contributed by atoms with Crippen LogP contribution in [-0.4, -0.2) is 0 Å². The molecule has 0 aliphatic heterocycles. The second kappa shape index (κ2) is 4.32. The van der Waals surface area contributed by atoms with Crippen LogP contribution < -0.4 is 5.73 Å². The van der Waals surface area contributed by atoms with Gasteiger partial charge < -0.3 is 5.73 Å². The molecule has 1 heteroatoms. The third-order valence-electron chi connectivity index (χ3n) is 2.79. The fourth-order valence-corrected chi connectivity index (χ4v) is 2.01. The van der Waals surface area contributed by atoms with Gasteiger partial charge in [-0.1, -0.05) is 19.1 Å². The van der Waals surface area contributed by atoms with Crippen LogP contribution in [0.5, 0.6) is 0 Å². The zero-order valence-corrected chi connectivity index (χ0v) is 9.30. The summed E-state index contributed by atoms with van der Waals surface area (Å²) >= 11 is 0. The maximum atomic E-state index is 5.90. The molecule has 0 aliphatic rings. The number of anilines is 1. The van der Waals surface area contributed by atoms with Crippen molar-refractivity contribution in [2.24, 2.45) is 0 Å². The van der Waals surface area contributed by atoms with Crippen molar-refractivity contribution in [3.05, 3.63) is 41.5 Å². The molecule has 0 heterocycles. The minimum absolute atomic E-state index is 0.510. The number of hydrogen-bond acceptors (Lipinski definition) is 1. The zero-order chi connectivity index (χ0) is 10.7. The highest BCUT2D eigenvalue weighted by molar-refractivity contribution is 5.54. The van der Waals surface area contributed by atoms with Crippen LogP contribution in [0.2, 0.25) is 0 Å². The minimum Gasteiger partial charge on any atom is -0.399 e. The lowest BCUT2D eigenvalue weighted by Gasteiger charge is -2.17. The first-order valence-electron chi connectivity index (χ1n) is 5.04. The number of rotatable bonds is 3. The molecule has 0 bridgehead atoms. The summed E-state index contributed by atoms with van der Waals surface area (Å²) in [5, 5.41) is 0. The number of nitrogen functional groups attached to an aromatic ring is 1. The first-order chi connectivity index (χ1) is 6.57. The van der Waals surface area contributed by atoms with Gasteiger partial charge in [0.25, 0.3) is 0 Å². The van der Waals surface area contributed by atoms with Crippen molar-refractivity contribution in [3.8, 4) is 0 Å². The van der Waals surface area contributed by atoms with Crippen LogP contribution in [0.3, 0.4) is 0 Å². The molecule has 0 spiro atoms. The fourth-order valence-electron chi connectivity index (χ4n) is 2.01. The molecule has 0 radical (unpaired) electrons. The second-order valence-corrected chi connectivity index (χ2v) is 3.94. The molecule has 0 saturated carbocycles. The standard InChI is InChI=1S/C13H19N/c1-5-6-9(2)13-10(3)7-8-12(14)11(13)4/h5,7-9H,1,6,14H2,2-4H3. The summed E-state index contributed by atoms with van der Waals surface area (Å²) in [6, 6.07) is 4.08. The Hall–Kier alpha value is -1.24. The molecule has 1 aromatic carbocycles. The highest BCUT2D eigenvalue weighted by atomic mass is 14.6. The van der Waals surface area contributed by atoms with Gasteiger partial charge in [-0.05, 0) is 48.9 Å². The zero-order valence-electron chi connectivity index (χ0n) is 9.30. The molecular weight excluding hydrogens is 170 g/mol. The second-order valence-electron chi connectivity index (χ2n) is 3.94. The highest BCUT2D eigenvalue weighted by Crippen LogP contribution is 2.29. The van der Waals surface area contributed by atoms with Crippen LogP contribution in [0.15, 0.2) is 24.8 Å². The molecule has 0 aromatic heterocycles. The van der Waals surface area contributed by atoms with Crippen molar-refractivity contribution in [2.75, 3.05) is 5.73 Å². The van der Waals surface area contributed by atoms with Crippen molar-refractivity contribution >= 4 is 5.69 Å². The Morgan fingerprint density at radius 2 is 2.07 bits per heavy atom. The number of benzene rings is 1. The van der Waals surface area contributed by atoms with E-state index >= 15 is 0 Å².